The fourth-order valence-corrected chi connectivity index (χ4v) is 2.12. The molecule has 0 saturated heterocycles. The number of rotatable bonds is 8. The first-order chi connectivity index (χ1) is 9.02. The zero-order chi connectivity index (χ0) is 14.3. The molecule has 0 spiro atoms. The molecule has 0 aromatic heterocycles. The van der Waals surface area contributed by atoms with Crippen molar-refractivity contribution in [3.8, 4) is 0 Å². The van der Waals surface area contributed by atoms with Gasteiger partial charge in [-0.25, -0.2) is 0 Å². The molecule has 0 radical (unpaired) electrons. The van der Waals surface area contributed by atoms with Gasteiger partial charge < -0.3 is 5.32 Å². The van der Waals surface area contributed by atoms with Gasteiger partial charge in [0.25, 0.3) is 0 Å². The lowest BCUT2D eigenvalue weighted by Gasteiger charge is -2.21. The summed E-state index contributed by atoms with van der Waals surface area (Å²) in [6.45, 7) is 12.1. The van der Waals surface area contributed by atoms with Crippen molar-refractivity contribution < 1.29 is 0 Å². The SMILES string of the molecule is CCNCC(C)Cc1ccc(CN(C)C(C)C)cc1. The highest BCUT2D eigenvalue weighted by molar-refractivity contribution is 5.23. The predicted octanol–water partition coefficient (Wildman–Crippen LogP) is 3.31. The molecule has 1 N–H and O–H groups in total. The lowest BCUT2D eigenvalue weighted by Crippen LogP contribution is -2.25. The Balaban J connectivity index is 2.47. The molecule has 0 saturated carbocycles. The molecule has 2 nitrogen and oxygen atoms in total. The Bertz CT molecular complexity index is 343. The van der Waals surface area contributed by atoms with Gasteiger partial charge in [-0.15, -0.1) is 0 Å². The average Bonchev–Trinajstić information content (AvgIpc) is 2.38. The normalized spacial score (nSPS) is 13.2. The molecule has 0 amide bonds. The first-order valence-electron chi connectivity index (χ1n) is 7.51. The smallest absolute Gasteiger partial charge is 0.0233 e. The summed E-state index contributed by atoms with van der Waals surface area (Å²) >= 11 is 0. The predicted molar refractivity (Wildman–Crippen MR) is 84.5 cm³/mol. The van der Waals surface area contributed by atoms with Gasteiger partial charge in [0.1, 0.15) is 0 Å². The van der Waals surface area contributed by atoms with Gasteiger partial charge in [0.2, 0.25) is 0 Å². The van der Waals surface area contributed by atoms with E-state index >= 15 is 0 Å². The van der Waals surface area contributed by atoms with Crippen LogP contribution in [0, 0.1) is 5.92 Å². The van der Waals surface area contributed by atoms with Crippen LogP contribution in [-0.4, -0.2) is 31.1 Å². The zero-order valence-electron chi connectivity index (χ0n) is 13.2. The first kappa shape index (κ1) is 16.2. The van der Waals surface area contributed by atoms with Crippen molar-refractivity contribution in [2.75, 3.05) is 20.1 Å². The topological polar surface area (TPSA) is 15.3 Å². The minimum atomic E-state index is 0.597. The van der Waals surface area contributed by atoms with Crippen molar-refractivity contribution in [3.05, 3.63) is 35.4 Å². The number of hydrogen-bond donors (Lipinski definition) is 1. The van der Waals surface area contributed by atoms with E-state index in [1.54, 1.807) is 0 Å². The number of nitrogens with zero attached hydrogens (tertiary/aromatic N) is 1. The van der Waals surface area contributed by atoms with Crippen LogP contribution >= 0.6 is 0 Å². The monoisotopic (exact) mass is 262 g/mol. The average molecular weight is 262 g/mol. The van der Waals surface area contributed by atoms with Crippen molar-refractivity contribution in [3.63, 3.8) is 0 Å². The summed E-state index contributed by atoms with van der Waals surface area (Å²) in [6, 6.07) is 9.71. The van der Waals surface area contributed by atoms with E-state index in [1.807, 2.05) is 0 Å². The number of hydrogen-bond acceptors (Lipinski definition) is 2. The zero-order valence-corrected chi connectivity index (χ0v) is 13.2. The highest BCUT2D eigenvalue weighted by Gasteiger charge is 2.06. The van der Waals surface area contributed by atoms with Crippen LogP contribution in [0.15, 0.2) is 24.3 Å². The summed E-state index contributed by atoms with van der Waals surface area (Å²) in [7, 11) is 2.18. The van der Waals surface area contributed by atoms with Gasteiger partial charge in [-0.2, -0.15) is 0 Å². The van der Waals surface area contributed by atoms with Crippen LogP contribution in [0.4, 0.5) is 0 Å². The Labute approximate surface area is 119 Å². The fraction of sp³-hybridized carbons (Fsp3) is 0.647. The molecule has 1 unspecified atom stereocenters. The van der Waals surface area contributed by atoms with Crippen molar-refractivity contribution in [2.24, 2.45) is 5.92 Å². The molecule has 1 rings (SSSR count). The van der Waals surface area contributed by atoms with Gasteiger partial charge in [0.15, 0.2) is 0 Å². The van der Waals surface area contributed by atoms with Crippen molar-refractivity contribution in [1.29, 1.82) is 0 Å². The Morgan fingerprint density at radius 3 is 2.16 bits per heavy atom. The summed E-state index contributed by atoms with van der Waals surface area (Å²) in [4.78, 5) is 2.36. The van der Waals surface area contributed by atoms with Crippen molar-refractivity contribution in [2.45, 2.75) is 46.7 Å². The fourth-order valence-electron chi connectivity index (χ4n) is 2.12. The maximum atomic E-state index is 3.41. The molecule has 0 aliphatic heterocycles. The van der Waals surface area contributed by atoms with Crippen LogP contribution in [-0.2, 0) is 13.0 Å². The molecule has 108 valence electrons. The van der Waals surface area contributed by atoms with E-state index in [0.29, 0.717) is 12.0 Å². The van der Waals surface area contributed by atoms with E-state index in [9.17, 15) is 0 Å². The van der Waals surface area contributed by atoms with Gasteiger partial charge in [-0.3, -0.25) is 4.90 Å². The van der Waals surface area contributed by atoms with E-state index in [-0.39, 0.29) is 0 Å². The van der Waals surface area contributed by atoms with E-state index in [2.05, 4.69) is 69.2 Å². The van der Waals surface area contributed by atoms with E-state index in [0.717, 1.165) is 26.1 Å². The molecular formula is C17H30N2. The molecule has 0 aliphatic rings. The molecule has 2 heteroatoms. The Morgan fingerprint density at radius 2 is 1.63 bits per heavy atom. The molecule has 1 aromatic carbocycles. The second-order valence-electron chi connectivity index (χ2n) is 5.94. The van der Waals surface area contributed by atoms with Gasteiger partial charge in [-0.05, 0) is 57.5 Å². The highest BCUT2D eigenvalue weighted by Crippen LogP contribution is 2.12. The standard InChI is InChI=1S/C17H30N2/c1-6-18-12-15(4)11-16-7-9-17(10-8-16)13-19(5)14(2)3/h7-10,14-15,18H,6,11-13H2,1-5H3. The summed E-state index contributed by atoms with van der Waals surface area (Å²) in [6.07, 6.45) is 1.16. The summed E-state index contributed by atoms with van der Waals surface area (Å²) in [5.74, 6) is 0.698. The van der Waals surface area contributed by atoms with Crippen LogP contribution in [0.25, 0.3) is 0 Å². The summed E-state index contributed by atoms with van der Waals surface area (Å²) in [5.41, 5.74) is 2.85. The van der Waals surface area contributed by atoms with Crippen LogP contribution in [0.1, 0.15) is 38.8 Å². The highest BCUT2D eigenvalue weighted by atomic mass is 15.1. The largest absolute Gasteiger partial charge is 0.317 e. The maximum absolute atomic E-state index is 3.41. The Morgan fingerprint density at radius 1 is 1.05 bits per heavy atom. The van der Waals surface area contributed by atoms with Gasteiger partial charge >= 0.3 is 0 Å². The van der Waals surface area contributed by atoms with Crippen LogP contribution < -0.4 is 5.32 Å². The minimum Gasteiger partial charge on any atom is -0.317 e. The van der Waals surface area contributed by atoms with E-state index < -0.39 is 0 Å². The first-order valence-corrected chi connectivity index (χ1v) is 7.51. The third-order valence-electron chi connectivity index (χ3n) is 3.66. The van der Waals surface area contributed by atoms with Gasteiger partial charge in [0.05, 0.1) is 0 Å². The molecule has 0 fully saturated rings. The second-order valence-corrected chi connectivity index (χ2v) is 5.94. The molecule has 19 heavy (non-hydrogen) atoms. The Kier molecular flexibility index (Phi) is 7.11. The number of nitrogens with one attached hydrogen (secondary N) is 1. The Hall–Kier alpha value is -0.860. The van der Waals surface area contributed by atoms with Crippen LogP contribution in [0.5, 0.6) is 0 Å². The summed E-state index contributed by atoms with van der Waals surface area (Å²) in [5, 5.41) is 3.41. The molecule has 0 bridgehead atoms. The molecule has 0 heterocycles. The van der Waals surface area contributed by atoms with Gasteiger partial charge in [0, 0.05) is 12.6 Å². The molecule has 0 aliphatic carbocycles. The molecule has 1 atom stereocenters. The quantitative estimate of drug-likeness (QED) is 0.773. The third-order valence-corrected chi connectivity index (χ3v) is 3.66. The van der Waals surface area contributed by atoms with Crippen LogP contribution in [0.3, 0.4) is 0 Å². The van der Waals surface area contributed by atoms with Crippen molar-refractivity contribution >= 4 is 0 Å². The van der Waals surface area contributed by atoms with Crippen molar-refractivity contribution in [1.82, 2.24) is 10.2 Å². The lowest BCUT2D eigenvalue weighted by atomic mass is 10.00. The van der Waals surface area contributed by atoms with Crippen LogP contribution in [0.2, 0.25) is 0 Å². The lowest BCUT2D eigenvalue weighted by molar-refractivity contribution is 0.266. The maximum Gasteiger partial charge on any atom is 0.0233 e. The minimum absolute atomic E-state index is 0.597. The van der Waals surface area contributed by atoms with E-state index in [1.165, 1.54) is 11.1 Å². The second kappa shape index (κ2) is 8.34. The van der Waals surface area contributed by atoms with Gasteiger partial charge in [-0.1, -0.05) is 38.1 Å². The third kappa shape index (κ3) is 6.22. The summed E-state index contributed by atoms with van der Waals surface area (Å²) < 4.78 is 0. The molecular weight excluding hydrogens is 232 g/mol. The number of benzene rings is 1. The van der Waals surface area contributed by atoms with E-state index in [4.69, 9.17) is 0 Å². The molecule has 1 aromatic rings.